The van der Waals surface area contributed by atoms with Crippen LogP contribution in [0, 0.1) is 11.6 Å². The summed E-state index contributed by atoms with van der Waals surface area (Å²) >= 11 is 5.81. The molecule has 116 valence electrons. The third-order valence-electron chi connectivity index (χ3n) is 3.39. The summed E-state index contributed by atoms with van der Waals surface area (Å²) in [4.78, 5) is 26.5. The molecule has 1 heterocycles. The number of hydrogen-bond acceptors (Lipinski definition) is 2. The monoisotopic (exact) mass is 335 g/mol. The van der Waals surface area contributed by atoms with Crippen molar-refractivity contribution in [3.05, 3.63) is 68.8 Å². The van der Waals surface area contributed by atoms with Crippen LogP contribution in [-0.4, -0.2) is 16.1 Å². The van der Waals surface area contributed by atoms with E-state index < -0.39 is 39.9 Å². The zero-order valence-corrected chi connectivity index (χ0v) is 12.1. The Morgan fingerprint density at radius 2 is 1.78 bits per heavy atom. The van der Waals surface area contributed by atoms with Gasteiger partial charge in [-0.15, -0.1) is 0 Å². The van der Waals surface area contributed by atoms with Crippen molar-refractivity contribution < 1.29 is 18.7 Å². The second kappa shape index (κ2) is 5.48. The van der Waals surface area contributed by atoms with Crippen LogP contribution in [0.15, 0.2) is 41.2 Å². The Bertz CT molecular complexity index is 994. The molecule has 23 heavy (non-hydrogen) atoms. The predicted octanol–water partition coefficient (Wildman–Crippen LogP) is 3.82. The number of carboxylic acids is 1. The second-order valence-electron chi connectivity index (χ2n) is 4.80. The number of aromatic amines is 1. The number of rotatable bonds is 2. The summed E-state index contributed by atoms with van der Waals surface area (Å²) in [7, 11) is 0. The Morgan fingerprint density at radius 3 is 2.39 bits per heavy atom. The van der Waals surface area contributed by atoms with Gasteiger partial charge in [-0.05, 0) is 30.3 Å². The maximum Gasteiger partial charge on any atom is 0.341 e. The van der Waals surface area contributed by atoms with Crippen molar-refractivity contribution in [2.45, 2.75) is 0 Å². The van der Waals surface area contributed by atoms with Gasteiger partial charge in [0, 0.05) is 15.9 Å². The summed E-state index contributed by atoms with van der Waals surface area (Å²) in [5.74, 6) is -3.54. The quantitative estimate of drug-likeness (QED) is 0.748. The number of carboxylic acid groups (broad SMARTS) is 1. The van der Waals surface area contributed by atoms with Crippen molar-refractivity contribution in [3.8, 4) is 11.3 Å². The SMILES string of the molecule is O=C(O)c1c(-c2c(F)cccc2F)[nH]c2ccc(Cl)cc2c1=O. The molecule has 0 aliphatic heterocycles. The van der Waals surface area contributed by atoms with Crippen molar-refractivity contribution in [3.63, 3.8) is 0 Å². The molecule has 0 spiro atoms. The normalized spacial score (nSPS) is 10.9. The molecule has 0 aliphatic carbocycles. The molecule has 3 rings (SSSR count). The highest BCUT2D eigenvalue weighted by Crippen LogP contribution is 2.28. The molecule has 0 aliphatic rings. The lowest BCUT2D eigenvalue weighted by molar-refractivity contribution is 0.0696. The fourth-order valence-electron chi connectivity index (χ4n) is 2.39. The third kappa shape index (κ3) is 2.47. The summed E-state index contributed by atoms with van der Waals surface area (Å²) < 4.78 is 28.0. The summed E-state index contributed by atoms with van der Waals surface area (Å²) in [6.07, 6.45) is 0. The Kier molecular flexibility index (Phi) is 3.61. The van der Waals surface area contributed by atoms with E-state index in [4.69, 9.17) is 11.6 Å². The standard InChI is InChI=1S/C16H8ClF2NO3/c17-7-4-5-11-8(6-7)15(21)13(16(22)23)14(20-11)12-9(18)2-1-3-10(12)19/h1-6H,(H,20,21)(H,22,23). The molecule has 2 aromatic carbocycles. The molecule has 0 saturated carbocycles. The van der Waals surface area contributed by atoms with Gasteiger partial charge in [0.1, 0.15) is 17.2 Å². The Balaban J connectivity index is 2.51. The lowest BCUT2D eigenvalue weighted by Crippen LogP contribution is -2.18. The van der Waals surface area contributed by atoms with Gasteiger partial charge in [0.15, 0.2) is 0 Å². The third-order valence-corrected chi connectivity index (χ3v) is 3.62. The summed E-state index contributed by atoms with van der Waals surface area (Å²) in [5, 5.41) is 9.58. The van der Waals surface area contributed by atoms with E-state index in [1.54, 1.807) is 0 Å². The number of fused-ring (bicyclic) bond motifs is 1. The molecule has 0 atom stereocenters. The molecule has 3 aromatic rings. The van der Waals surface area contributed by atoms with E-state index in [0.29, 0.717) is 0 Å². The molecule has 0 unspecified atom stereocenters. The van der Waals surface area contributed by atoms with Crippen LogP contribution in [-0.2, 0) is 0 Å². The summed E-state index contributed by atoms with van der Waals surface area (Å²) in [6.45, 7) is 0. The number of benzene rings is 2. The summed E-state index contributed by atoms with van der Waals surface area (Å²) in [5.41, 5.74) is -2.41. The van der Waals surface area contributed by atoms with Gasteiger partial charge in [-0.3, -0.25) is 4.79 Å². The average molecular weight is 336 g/mol. The lowest BCUT2D eigenvalue weighted by atomic mass is 10.0. The topological polar surface area (TPSA) is 70.2 Å². The highest BCUT2D eigenvalue weighted by Gasteiger charge is 2.23. The van der Waals surface area contributed by atoms with Crippen molar-refractivity contribution in [2.24, 2.45) is 0 Å². The van der Waals surface area contributed by atoms with Crippen molar-refractivity contribution >= 4 is 28.5 Å². The van der Waals surface area contributed by atoms with Gasteiger partial charge in [0.2, 0.25) is 5.43 Å². The van der Waals surface area contributed by atoms with Crippen LogP contribution >= 0.6 is 11.6 Å². The van der Waals surface area contributed by atoms with E-state index in [2.05, 4.69) is 4.98 Å². The van der Waals surface area contributed by atoms with Crippen molar-refractivity contribution in [2.75, 3.05) is 0 Å². The van der Waals surface area contributed by atoms with Crippen molar-refractivity contribution in [1.29, 1.82) is 0 Å². The maximum atomic E-state index is 14.0. The van der Waals surface area contributed by atoms with Gasteiger partial charge in [-0.1, -0.05) is 17.7 Å². The zero-order chi connectivity index (χ0) is 16.7. The molecular formula is C16H8ClF2NO3. The Labute approximate surface area is 133 Å². The number of aromatic nitrogens is 1. The van der Waals surface area contributed by atoms with E-state index >= 15 is 0 Å². The van der Waals surface area contributed by atoms with Gasteiger partial charge in [-0.2, -0.15) is 0 Å². The van der Waals surface area contributed by atoms with Gasteiger partial charge < -0.3 is 10.1 Å². The van der Waals surface area contributed by atoms with Crippen LogP contribution in [0.3, 0.4) is 0 Å². The molecule has 0 fully saturated rings. The van der Waals surface area contributed by atoms with E-state index in [-0.39, 0.29) is 15.9 Å². The first-order valence-corrected chi connectivity index (χ1v) is 6.81. The average Bonchev–Trinajstić information content (AvgIpc) is 2.47. The van der Waals surface area contributed by atoms with Crippen LogP contribution in [0.25, 0.3) is 22.2 Å². The molecule has 0 amide bonds. The zero-order valence-electron chi connectivity index (χ0n) is 11.4. The molecule has 7 heteroatoms. The number of hydrogen-bond donors (Lipinski definition) is 2. The summed E-state index contributed by atoms with van der Waals surface area (Å²) in [6, 6.07) is 7.31. The number of pyridine rings is 1. The van der Waals surface area contributed by atoms with E-state index in [9.17, 15) is 23.5 Å². The first kappa shape index (κ1) is 15.2. The highest BCUT2D eigenvalue weighted by molar-refractivity contribution is 6.31. The van der Waals surface area contributed by atoms with Crippen LogP contribution in [0.2, 0.25) is 5.02 Å². The van der Waals surface area contributed by atoms with Gasteiger partial charge >= 0.3 is 5.97 Å². The maximum absolute atomic E-state index is 14.0. The van der Waals surface area contributed by atoms with Gasteiger partial charge in [0.25, 0.3) is 0 Å². The smallest absolute Gasteiger partial charge is 0.341 e. The first-order valence-electron chi connectivity index (χ1n) is 6.43. The van der Waals surface area contributed by atoms with Gasteiger partial charge in [-0.25, -0.2) is 13.6 Å². The molecule has 0 bridgehead atoms. The molecule has 2 N–H and O–H groups in total. The minimum Gasteiger partial charge on any atom is -0.477 e. The lowest BCUT2D eigenvalue weighted by Gasteiger charge is -2.10. The highest BCUT2D eigenvalue weighted by atomic mass is 35.5. The first-order chi connectivity index (χ1) is 10.9. The fraction of sp³-hybridized carbons (Fsp3) is 0. The number of aromatic carboxylic acids is 1. The van der Waals surface area contributed by atoms with Crippen LogP contribution in [0.1, 0.15) is 10.4 Å². The number of halogens is 3. The predicted molar refractivity (Wildman–Crippen MR) is 81.9 cm³/mol. The molecule has 1 aromatic heterocycles. The molecule has 0 saturated heterocycles. The molecular weight excluding hydrogens is 328 g/mol. The number of H-pyrrole nitrogens is 1. The minimum absolute atomic E-state index is 0.0235. The van der Waals surface area contributed by atoms with E-state index in [1.807, 2.05) is 0 Å². The molecule has 0 radical (unpaired) electrons. The molecule has 4 nitrogen and oxygen atoms in total. The Hall–Kier alpha value is -2.73. The Morgan fingerprint density at radius 1 is 1.13 bits per heavy atom. The number of carbonyl (C=O) groups is 1. The van der Waals surface area contributed by atoms with Crippen LogP contribution in [0.4, 0.5) is 8.78 Å². The minimum atomic E-state index is -1.59. The van der Waals surface area contributed by atoms with E-state index in [1.165, 1.54) is 18.2 Å². The van der Waals surface area contributed by atoms with E-state index in [0.717, 1.165) is 18.2 Å². The second-order valence-corrected chi connectivity index (χ2v) is 5.23. The fourth-order valence-corrected chi connectivity index (χ4v) is 2.56. The van der Waals surface area contributed by atoms with Crippen molar-refractivity contribution in [1.82, 2.24) is 4.98 Å². The van der Waals surface area contributed by atoms with Gasteiger partial charge in [0.05, 0.1) is 11.3 Å². The van der Waals surface area contributed by atoms with Crippen LogP contribution in [0.5, 0.6) is 0 Å². The largest absolute Gasteiger partial charge is 0.477 e. The van der Waals surface area contributed by atoms with Crippen LogP contribution < -0.4 is 5.43 Å². The number of nitrogens with one attached hydrogen (secondary N) is 1.